The van der Waals surface area contributed by atoms with Crippen molar-refractivity contribution in [2.45, 2.75) is 57.4 Å². The smallest absolute Gasteiger partial charge is 0.410 e. The molecule has 1 saturated carbocycles. The van der Waals surface area contributed by atoms with Gasteiger partial charge < -0.3 is 9.64 Å². The first-order valence-electron chi connectivity index (χ1n) is 6.42. The van der Waals surface area contributed by atoms with Crippen LogP contribution in [0.1, 0.15) is 46.5 Å². The second kappa shape index (κ2) is 4.34. The molecule has 0 aromatic heterocycles. The number of likely N-dealkylation sites (tertiary alicyclic amines) is 1. The van der Waals surface area contributed by atoms with E-state index in [1.54, 1.807) is 0 Å². The van der Waals surface area contributed by atoms with Gasteiger partial charge in [0.2, 0.25) is 0 Å². The van der Waals surface area contributed by atoms with E-state index in [9.17, 15) is 4.79 Å². The molecule has 1 amide bonds. The molecule has 0 aromatic rings. The minimum Gasteiger partial charge on any atom is -0.444 e. The molecule has 0 unspecified atom stereocenters. The van der Waals surface area contributed by atoms with Gasteiger partial charge in [-0.3, -0.25) is 0 Å². The highest BCUT2D eigenvalue weighted by Crippen LogP contribution is 2.51. The molecule has 0 atom stereocenters. The predicted octanol–water partition coefficient (Wildman–Crippen LogP) is 3.40. The molecule has 0 radical (unpaired) electrons. The summed E-state index contributed by atoms with van der Waals surface area (Å²) in [4.78, 5) is 13.7. The number of rotatable bonds is 0. The van der Waals surface area contributed by atoms with Crippen LogP contribution in [0.4, 0.5) is 4.79 Å². The van der Waals surface area contributed by atoms with Crippen molar-refractivity contribution in [2.75, 3.05) is 13.1 Å². The molecule has 98 valence electrons. The molecule has 0 aromatic carbocycles. The summed E-state index contributed by atoms with van der Waals surface area (Å²) in [6.07, 6.45) is 4.23. The fourth-order valence-corrected chi connectivity index (χ4v) is 3.43. The number of hydrogen-bond donors (Lipinski definition) is 0. The predicted molar refractivity (Wildman–Crippen MR) is 68.3 cm³/mol. The van der Waals surface area contributed by atoms with Gasteiger partial charge in [0.05, 0.1) is 0 Å². The Kier molecular flexibility index (Phi) is 3.32. The van der Waals surface area contributed by atoms with E-state index < -0.39 is 5.60 Å². The number of alkyl halides is 1. The van der Waals surface area contributed by atoms with Crippen LogP contribution in [0.15, 0.2) is 0 Å². The van der Waals surface area contributed by atoms with Crippen molar-refractivity contribution < 1.29 is 9.53 Å². The van der Waals surface area contributed by atoms with Crippen molar-refractivity contribution in [1.82, 2.24) is 4.90 Å². The molecule has 17 heavy (non-hydrogen) atoms. The molecule has 0 N–H and O–H groups in total. The lowest BCUT2D eigenvalue weighted by molar-refractivity contribution is -0.00406. The zero-order chi connectivity index (χ0) is 12.7. The van der Waals surface area contributed by atoms with Crippen LogP contribution in [0.25, 0.3) is 0 Å². The first-order chi connectivity index (χ1) is 7.80. The Bertz CT molecular complexity index is 295. The summed E-state index contributed by atoms with van der Waals surface area (Å²) in [6, 6.07) is 0. The largest absolute Gasteiger partial charge is 0.444 e. The van der Waals surface area contributed by atoms with Gasteiger partial charge in [-0.25, -0.2) is 4.79 Å². The molecule has 1 spiro atoms. The SMILES string of the molecule is CC(C)(C)OC(=O)N1CCC2(CC1)CC(Cl)C2. The minimum atomic E-state index is -0.399. The fraction of sp³-hybridized carbons (Fsp3) is 0.923. The van der Waals surface area contributed by atoms with E-state index in [1.807, 2.05) is 25.7 Å². The van der Waals surface area contributed by atoms with Crippen LogP contribution in [0, 0.1) is 5.41 Å². The summed E-state index contributed by atoms with van der Waals surface area (Å²) >= 11 is 6.05. The summed E-state index contributed by atoms with van der Waals surface area (Å²) in [5, 5.41) is 0.364. The van der Waals surface area contributed by atoms with Gasteiger partial charge in [-0.2, -0.15) is 0 Å². The second-order valence-electron chi connectivity index (χ2n) is 6.47. The zero-order valence-corrected chi connectivity index (χ0v) is 11.7. The molecule has 2 aliphatic rings. The van der Waals surface area contributed by atoms with Gasteiger partial charge in [0, 0.05) is 18.5 Å². The molecule has 1 saturated heterocycles. The first kappa shape index (κ1) is 13.0. The minimum absolute atomic E-state index is 0.172. The number of piperidine rings is 1. The Hall–Kier alpha value is -0.440. The maximum absolute atomic E-state index is 11.9. The highest BCUT2D eigenvalue weighted by Gasteiger charge is 2.45. The lowest BCUT2D eigenvalue weighted by Gasteiger charge is -2.50. The zero-order valence-electron chi connectivity index (χ0n) is 11.0. The summed E-state index contributed by atoms with van der Waals surface area (Å²) < 4.78 is 5.38. The number of amides is 1. The molecule has 0 bridgehead atoms. The number of carbonyl (C=O) groups excluding carboxylic acids is 1. The fourth-order valence-electron chi connectivity index (χ4n) is 2.78. The number of halogens is 1. The second-order valence-corrected chi connectivity index (χ2v) is 7.09. The average molecular weight is 260 g/mol. The Morgan fingerprint density at radius 3 is 2.24 bits per heavy atom. The van der Waals surface area contributed by atoms with Crippen molar-refractivity contribution in [2.24, 2.45) is 5.41 Å². The molecule has 1 aliphatic heterocycles. The monoisotopic (exact) mass is 259 g/mol. The van der Waals surface area contributed by atoms with Gasteiger partial charge in [-0.05, 0) is 51.9 Å². The van der Waals surface area contributed by atoms with E-state index >= 15 is 0 Å². The third-order valence-corrected chi connectivity index (χ3v) is 4.09. The molecule has 3 nitrogen and oxygen atoms in total. The van der Waals surface area contributed by atoms with Crippen molar-refractivity contribution >= 4 is 17.7 Å². The summed E-state index contributed by atoms with van der Waals surface area (Å²) in [5.41, 5.74) is 0.0366. The molecular weight excluding hydrogens is 238 g/mol. The van der Waals surface area contributed by atoms with Gasteiger partial charge in [0.25, 0.3) is 0 Å². The topological polar surface area (TPSA) is 29.5 Å². The van der Waals surface area contributed by atoms with Crippen molar-refractivity contribution in [3.05, 3.63) is 0 Å². The van der Waals surface area contributed by atoms with Crippen LogP contribution in [-0.2, 0) is 4.74 Å². The lowest BCUT2D eigenvalue weighted by Crippen LogP contribution is -2.50. The van der Waals surface area contributed by atoms with Gasteiger partial charge in [-0.1, -0.05) is 0 Å². The standard InChI is InChI=1S/C13H22ClNO2/c1-12(2,3)17-11(16)15-6-4-13(5-7-15)8-10(14)9-13/h10H,4-9H2,1-3H3. The van der Waals surface area contributed by atoms with Crippen molar-refractivity contribution in [1.29, 1.82) is 0 Å². The van der Waals surface area contributed by atoms with Crippen LogP contribution in [0.3, 0.4) is 0 Å². The van der Waals surface area contributed by atoms with Gasteiger partial charge in [0.15, 0.2) is 0 Å². The van der Waals surface area contributed by atoms with E-state index in [-0.39, 0.29) is 6.09 Å². The van der Waals surface area contributed by atoms with Crippen LogP contribution in [0.5, 0.6) is 0 Å². The number of nitrogens with zero attached hydrogens (tertiary/aromatic N) is 1. The number of ether oxygens (including phenoxy) is 1. The third kappa shape index (κ3) is 3.06. The molecule has 2 rings (SSSR count). The quantitative estimate of drug-likeness (QED) is 0.624. The number of carbonyl (C=O) groups is 1. The lowest BCUT2D eigenvalue weighted by atomic mass is 9.63. The molecule has 2 fully saturated rings. The Morgan fingerprint density at radius 1 is 1.29 bits per heavy atom. The van der Waals surface area contributed by atoms with Crippen LogP contribution >= 0.6 is 11.6 Å². The van der Waals surface area contributed by atoms with E-state index in [2.05, 4.69) is 0 Å². The molecule has 4 heteroatoms. The first-order valence-corrected chi connectivity index (χ1v) is 6.85. The van der Waals surface area contributed by atoms with Crippen LogP contribution in [-0.4, -0.2) is 35.1 Å². The number of hydrogen-bond acceptors (Lipinski definition) is 2. The van der Waals surface area contributed by atoms with Crippen LogP contribution in [0.2, 0.25) is 0 Å². The van der Waals surface area contributed by atoms with E-state index in [0.29, 0.717) is 10.8 Å². The normalized spacial score (nSPS) is 24.6. The van der Waals surface area contributed by atoms with Gasteiger partial charge >= 0.3 is 6.09 Å². The summed E-state index contributed by atoms with van der Waals surface area (Å²) in [6.45, 7) is 7.35. The van der Waals surface area contributed by atoms with Crippen LogP contribution < -0.4 is 0 Å². The highest BCUT2D eigenvalue weighted by molar-refractivity contribution is 6.21. The summed E-state index contributed by atoms with van der Waals surface area (Å²) in [5.74, 6) is 0. The van der Waals surface area contributed by atoms with E-state index in [0.717, 1.165) is 38.8 Å². The van der Waals surface area contributed by atoms with E-state index in [4.69, 9.17) is 16.3 Å². The Balaban J connectivity index is 1.81. The van der Waals surface area contributed by atoms with Crippen molar-refractivity contribution in [3.63, 3.8) is 0 Å². The maximum Gasteiger partial charge on any atom is 0.410 e. The Labute approximate surface area is 108 Å². The molecule has 1 heterocycles. The third-order valence-electron chi connectivity index (χ3n) is 3.78. The summed E-state index contributed by atoms with van der Waals surface area (Å²) in [7, 11) is 0. The maximum atomic E-state index is 11.9. The van der Waals surface area contributed by atoms with Crippen molar-refractivity contribution in [3.8, 4) is 0 Å². The Morgan fingerprint density at radius 2 is 1.82 bits per heavy atom. The average Bonchev–Trinajstić information content (AvgIpc) is 2.14. The molecular formula is C13H22ClNO2. The molecule has 1 aliphatic carbocycles. The van der Waals surface area contributed by atoms with E-state index in [1.165, 1.54) is 0 Å². The van der Waals surface area contributed by atoms with Gasteiger partial charge in [-0.15, -0.1) is 11.6 Å². The highest BCUT2D eigenvalue weighted by atomic mass is 35.5. The van der Waals surface area contributed by atoms with Gasteiger partial charge in [0.1, 0.15) is 5.60 Å².